The minimum absolute atomic E-state index is 0.254. The van der Waals surface area contributed by atoms with E-state index in [1.165, 1.54) is 6.07 Å². The summed E-state index contributed by atoms with van der Waals surface area (Å²) in [5.41, 5.74) is 2.16. The van der Waals surface area contributed by atoms with Crippen molar-refractivity contribution in [1.29, 1.82) is 0 Å². The number of ether oxygens (including phenoxy) is 1. The highest BCUT2D eigenvalue weighted by Crippen LogP contribution is 2.38. The van der Waals surface area contributed by atoms with Gasteiger partial charge in [-0.05, 0) is 57.9 Å². The molecule has 1 saturated heterocycles. The summed E-state index contributed by atoms with van der Waals surface area (Å²) in [5, 5.41) is 0. The lowest BCUT2D eigenvalue weighted by molar-refractivity contribution is 0.00578. The Morgan fingerprint density at radius 1 is 0.960 bits per heavy atom. The molecule has 0 spiro atoms. The van der Waals surface area contributed by atoms with Gasteiger partial charge in [0.15, 0.2) is 0 Å². The van der Waals surface area contributed by atoms with Crippen LogP contribution < -0.4 is 10.2 Å². The minimum Gasteiger partial charge on any atom is -0.497 e. The van der Waals surface area contributed by atoms with Crippen LogP contribution in [-0.4, -0.2) is 25.4 Å². The first-order valence-corrected chi connectivity index (χ1v) is 8.45. The largest absolute Gasteiger partial charge is 0.498 e. The summed E-state index contributed by atoms with van der Waals surface area (Å²) in [6, 6.07) is 10.6. The quantitative estimate of drug-likeness (QED) is 0.786. The predicted molar refractivity (Wildman–Crippen MR) is 98.8 cm³/mol. The summed E-state index contributed by atoms with van der Waals surface area (Å²) < 4.78 is 32.2. The molecule has 3 nitrogen and oxygen atoms in total. The van der Waals surface area contributed by atoms with Gasteiger partial charge in [0.05, 0.1) is 18.3 Å². The molecule has 2 aromatic rings. The highest BCUT2D eigenvalue weighted by molar-refractivity contribution is 6.63. The molecule has 0 bridgehead atoms. The topological polar surface area (TPSA) is 27.7 Å². The van der Waals surface area contributed by atoms with Gasteiger partial charge in [-0.2, -0.15) is 0 Å². The van der Waals surface area contributed by atoms with Gasteiger partial charge in [0.2, 0.25) is 0 Å². The number of methoxy groups -OCH3 is 1. The molecule has 0 saturated carbocycles. The van der Waals surface area contributed by atoms with Crippen molar-refractivity contribution in [2.45, 2.75) is 45.8 Å². The van der Waals surface area contributed by atoms with Gasteiger partial charge in [0.25, 0.3) is 0 Å². The van der Waals surface area contributed by atoms with Crippen LogP contribution in [0.15, 0.2) is 36.4 Å². The third kappa shape index (κ3) is 3.07. The van der Waals surface area contributed by atoms with E-state index in [1.807, 2.05) is 52.8 Å². The molecular formula is C20H24BFO3. The summed E-state index contributed by atoms with van der Waals surface area (Å²) in [5.74, 6) is 0.423. The zero-order chi connectivity index (χ0) is 18.4. The standard InChI is InChI=1S/C20H24BFO3/c1-13-11-18(23-6)16(21-24-19(2,3)20(4,5)25-21)12-15(13)14-9-7-8-10-17(14)22/h7-12H,1-6H3. The molecule has 0 radical (unpaired) electrons. The smallest absolute Gasteiger partial charge is 0.497 e. The minimum atomic E-state index is -0.564. The van der Waals surface area contributed by atoms with E-state index in [2.05, 4.69) is 0 Å². The van der Waals surface area contributed by atoms with Crippen LogP contribution in [0.3, 0.4) is 0 Å². The summed E-state index contributed by atoms with van der Waals surface area (Å²) in [6.45, 7) is 9.96. The molecular weight excluding hydrogens is 318 g/mol. The lowest BCUT2D eigenvalue weighted by atomic mass is 9.76. The number of aryl methyl sites for hydroxylation is 1. The van der Waals surface area contributed by atoms with Gasteiger partial charge in [0, 0.05) is 11.0 Å². The van der Waals surface area contributed by atoms with Crippen molar-refractivity contribution in [2.24, 2.45) is 0 Å². The molecule has 1 aliphatic rings. The summed E-state index contributed by atoms with van der Waals surface area (Å²) >= 11 is 0. The average molecular weight is 342 g/mol. The Balaban J connectivity index is 2.12. The van der Waals surface area contributed by atoms with Crippen LogP contribution in [0.4, 0.5) is 4.39 Å². The molecule has 1 aliphatic heterocycles. The molecule has 1 heterocycles. The molecule has 0 N–H and O–H groups in total. The fourth-order valence-electron chi connectivity index (χ4n) is 3.00. The van der Waals surface area contributed by atoms with Crippen LogP contribution in [-0.2, 0) is 9.31 Å². The van der Waals surface area contributed by atoms with E-state index in [4.69, 9.17) is 14.0 Å². The van der Waals surface area contributed by atoms with E-state index in [1.54, 1.807) is 19.2 Å². The maximum Gasteiger partial charge on any atom is 0.498 e. The van der Waals surface area contributed by atoms with Crippen LogP contribution in [0.2, 0.25) is 0 Å². The van der Waals surface area contributed by atoms with Crippen molar-refractivity contribution in [3.8, 4) is 16.9 Å². The van der Waals surface area contributed by atoms with Crippen molar-refractivity contribution >= 4 is 12.6 Å². The lowest BCUT2D eigenvalue weighted by Gasteiger charge is -2.32. The Kier molecular flexibility index (Phi) is 4.42. The number of hydrogen-bond acceptors (Lipinski definition) is 3. The average Bonchev–Trinajstić information content (AvgIpc) is 2.75. The van der Waals surface area contributed by atoms with Crippen molar-refractivity contribution in [3.63, 3.8) is 0 Å². The predicted octanol–water partition coefficient (Wildman–Crippen LogP) is 4.11. The van der Waals surface area contributed by atoms with Crippen LogP contribution in [0.5, 0.6) is 5.75 Å². The Morgan fingerprint density at radius 3 is 2.12 bits per heavy atom. The molecule has 1 fully saturated rings. The van der Waals surface area contributed by atoms with E-state index in [9.17, 15) is 4.39 Å². The fourth-order valence-corrected chi connectivity index (χ4v) is 3.00. The summed E-state index contributed by atoms with van der Waals surface area (Å²) in [4.78, 5) is 0. The third-order valence-corrected chi connectivity index (χ3v) is 5.25. The second-order valence-electron chi connectivity index (χ2n) is 7.48. The molecule has 0 aliphatic carbocycles. The third-order valence-electron chi connectivity index (χ3n) is 5.25. The SMILES string of the molecule is COc1cc(C)c(-c2ccccc2F)cc1B1OC(C)(C)C(C)(C)O1. The summed E-state index contributed by atoms with van der Waals surface area (Å²) in [6.07, 6.45) is 0. The second kappa shape index (κ2) is 6.15. The van der Waals surface area contributed by atoms with Gasteiger partial charge in [-0.15, -0.1) is 0 Å². The molecule has 132 valence electrons. The van der Waals surface area contributed by atoms with E-state index in [-0.39, 0.29) is 5.82 Å². The molecule has 0 unspecified atom stereocenters. The van der Waals surface area contributed by atoms with Gasteiger partial charge in [-0.25, -0.2) is 4.39 Å². The molecule has 0 atom stereocenters. The van der Waals surface area contributed by atoms with Gasteiger partial charge in [0.1, 0.15) is 11.6 Å². The molecule has 0 amide bonds. The van der Waals surface area contributed by atoms with Crippen LogP contribution in [0.1, 0.15) is 33.3 Å². The van der Waals surface area contributed by atoms with Crippen molar-refractivity contribution in [1.82, 2.24) is 0 Å². The highest BCUT2D eigenvalue weighted by Gasteiger charge is 2.52. The molecule has 5 heteroatoms. The Hall–Kier alpha value is -1.85. The van der Waals surface area contributed by atoms with Gasteiger partial charge in [-0.3, -0.25) is 0 Å². The number of rotatable bonds is 3. The van der Waals surface area contributed by atoms with E-state index >= 15 is 0 Å². The van der Waals surface area contributed by atoms with Crippen LogP contribution in [0.25, 0.3) is 11.1 Å². The second-order valence-corrected chi connectivity index (χ2v) is 7.48. The van der Waals surface area contributed by atoms with Gasteiger partial charge >= 0.3 is 7.12 Å². The van der Waals surface area contributed by atoms with E-state index < -0.39 is 18.3 Å². The number of halogens is 1. The van der Waals surface area contributed by atoms with Crippen LogP contribution in [0, 0.1) is 12.7 Å². The maximum atomic E-state index is 14.3. The fraction of sp³-hybridized carbons (Fsp3) is 0.400. The normalized spacial score (nSPS) is 18.4. The van der Waals surface area contributed by atoms with E-state index in [0.717, 1.165) is 16.6 Å². The number of hydrogen-bond donors (Lipinski definition) is 0. The van der Waals surface area contributed by atoms with Gasteiger partial charge in [-0.1, -0.05) is 24.3 Å². The van der Waals surface area contributed by atoms with Crippen molar-refractivity contribution in [3.05, 3.63) is 47.8 Å². The number of benzene rings is 2. The Bertz CT molecular complexity index is 786. The van der Waals surface area contributed by atoms with Crippen LogP contribution >= 0.6 is 0 Å². The monoisotopic (exact) mass is 342 g/mol. The molecule has 0 aromatic heterocycles. The Labute approximate surface area is 149 Å². The molecule has 2 aromatic carbocycles. The zero-order valence-corrected chi connectivity index (χ0v) is 15.6. The molecule has 3 rings (SSSR count). The zero-order valence-electron chi connectivity index (χ0n) is 15.6. The highest BCUT2D eigenvalue weighted by atomic mass is 19.1. The van der Waals surface area contributed by atoms with E-state index in [0.29, 0.717) is 11.3 Å². The lowest BCUT2D eigenvalue weighted by Crippen LogP contribution is -2.41. The van der Waals surface area contributed by atoms with Crippen molar-refractivity contribution < 1.29 is 18.4 Å². The first kappa shape index (κ1) is 18.0. The summed E-state index contributed by atoms with van der Waals surface area (Å²) in [7, 11) is 1.05. The Morgan fingerprint density at radius 2 is 1.56 bits per heavy atom. The van der Waals surface area contributed by atoms with Gasteiger partial charge < -0.3 is 14.0 Å². The molecule has 25 heavy (non-hydrogen) atoms. The first-order valence-electron chi connectivity index (χ1n) is 8.45. The maximum absolute atomic E-state index is 14.3. The first-order chi connectivity index (χ1) is 11.7. The van der Waals surface area contributed by atoms with Crippen molar-refractivity contribution in [2.75, 3.05) is 7.11 Å².